The van der Waals surface area contributed by atoms with Crippen molar-refractivity contribution in [2.24, 2.45) is 0 Å². The molecule has 1 aromatic carbocycles. The fraction of sp³-hybridized carbons (Fsp3) is 0.600. The molecule has 1 heterocycles. The molecule has 2 rings (SSSR count). The summed E-state index contributed by atoms with van der Waals surface area (Å²) in [4.78, 5) is 2.45. The van der Waals surface area contributed by atoms with Gasteiger partial charge >= 0.3 is 0 Å². The Morgan fingerprint density at radius 3 is 2.67 bits per heavy atom. The molecule has 1 atom stereocenters. The van der Waals surface area contributed by atoms with Crippen LogP contribution in [-0.4, -0.2) is 39.4 Å². The predicted octanol–water partition coefficient (Wildman–Crippen LogP) is 2.23. The van der Waals surface area contributed by atoms with Crippen LogP contribution in [-0.2, 0) is 4.74 Å². The van der Waals surface area contributed by atoms with Gasteiger partial charge in [-0.2, -0.15) is 0 Å². The number of hydrogen-bond acceptors (Lipinski definition) is 3. The second-order valence-corrected chi connectivity index (χ2v) is 5.25. The molecule has 1 aliphatic rings. The van der Waals surface area contributed by atoms with Crippen LogP contribution in [0.4, 0.5) is 5.69 Å². The molecule has 1 fully saturated rings. The molecule has 0 aromatic heterocycles. The lowest BCUT2D eigenvalue weighted by molar-refractivity contribution is 0.170. The number of benzene rings is 1. The van der Waals surface area contributed by atoms with Crippen molar-refractivity contribution in [1.29, 1.82) is 0 Å². The molecule has 0 amide bonds. The van der Waals surface area contributed by atoms with Gasteiger partial charge in [-0.3, -0.25) is 0 Å². The highest BCUT2D eigenvalue weighted by atomic mass is 16.5. The summed E-state index contributed by atoms with van der Waals surface area (Å²) in [5.74, 6) is 0.594. The second-order valence-electron chi connectivity index (χ2n) is 5.25. The smallest absolute Gasteiger partial charge is 0.0678 e. The molecule has 3 nitrogen and oxygen atoms in total. The van der Waals surface area contributed by atoms with E-state index in [0.717, 1.165) is 26.2 Å². The highest BCUT2D eigenvalue weighted by molar-refractivity contribution is 5.49. The molecule has 3 heteroatoms. The van der Waals surface area contributed by atoms with Crippen molar-refractivity contribution in [1.82, 2.24) is 5.32 Å². The molecule has 100 valence electrons. The maximum Gasteiger partial charge on any atom is 0.0678 e. The predicted molar refractivity (Wildman–Crippen MR) is 76.4 cm³/mol. The molecule has 1 N–H and O–H groups in total. The molecular formula is C15H24N2O. The van der Waals surface area contributed by atoms with E-state index in [9.17, 15) is 0 Å². The average Bonchev–Trinajstić information content (AvgIpc) is 2.40. The van der Waals surface area contributed by atoms with Gasteiger partial charge in [0.15, 0.2) is 0 Å². The largest absolute Gasteiger partial charge is 0.383 e. The van der Waals surface area contributed by atoms with Crippen LogP contribution in [0.2, 0.25) is 0 Å². The van der Waals surface area contributed by atoms with Gasteiger partial charge < -0.3 is 15.0 Å². The molecule has 0 saturated carbocycles. The molecule has 18 heavy (non-hydrogen) atoms. The third-order valence-electron chi connectivity index (χ3n) is 3.60. The molecule has 1 aromatic rings. The van der Waals surface area contributed by atoms with Gasteiger partial charge in [0.25, 0.3) is 0 Å². The minimum absolute atomic E-state index is 0.439. The van der Waals surface area contributed by atoms with Crippen LogP contribution in [0.1, 0.15) is 25.3 Å². The van der Waals surface area contributed by atoms with Crippen molar-refractivity contribution in [3.63, 3.8) is 0 Å². The lowest BCUT2D eigenvalue weighted by atomic mass is 10.0. The first-order valence-electron chi connectivity index (χ1n) is 6.78. The molecule has 1 unspecified atom stereocenters. The fourth-order valence-electron chi connectivity index (χ4n) is 2.49. The van der Waals surface area contributed by atoms with Crippen LogP contribution < -0.4 is 10.2 Å². The van der Waals surface area contributed by atoms with Crippen molar-refractivity contribution < 1.29 is 4.74 Å². The van der Waals surface area contributed by atoms with Crippen molar-refractivity contribution in [3.8, 4) is 0 Å². The summed E-state index contributed by atoms with van der Waals surface area (Å²) in [6, 6.07) is 9.40. The monoisotopic (exact) mass is 248 g/mol. The van der Waals surface area contributed by atoms with Crippen LogP contribution in [0, 0.1) is 0 Å². The summed E-state index contributed by atoms with van der Waals surface area (Å²) in [7, 11) is 1.77. The number of nitrogens with one attached hydrogen (secondary N) is 1. The maximum absolute atomic E-state index is 5.31. The standard InChI is InChI=1S/C15H24N2O/c1-12(2)13-4-6-14(7-5-13)17-9-8-16-10-15(17)11-18-3/h4-7,12,15-16H,8-11H2,1-3H3. The van der Waals surface area contributed by atoms with Gasteiger partial charge in [-0.15, -0.1) is 0 Å². The number of hydrogen-bond donors (Lipinski definition) is 1. The van der Waals surface area contributed by atoms with Crippen molar-refractivity contribution >= 4 is 5.69 Å². The number of nitrogens with zero attached hydrogens (tertiary/aromatic N) is 1. The molecule has 0 bridgehead atoms. The van der Waals surface area contributed by atoms with Gasteiger partial charge in [-0.05, 0) is 23.6 Å². The highest BCUT2D eigenvalue weighted by Gasteiger charge is 2.22. The Labute approximate surface area is 110 Å². The Hall–Kier alpha value is -1.06. The van der Waals surface area contributed by atoms with Gasteiger partial charge in [-0.25, -0.2) is 0 Å². The summed E-state index contributed by atoms with van der Waals surface area (Å²) in [6.07, 6.45) is 0. The first-order chi connectivity index (χ1) is 8.72. The number of piperazine rings is 1. The van der Waals surface area contributed by atoms with E-state index in [4.69, 9.17) is 4.74 Å². The van der Waals surface area contributed by atoms with Gasteiger partial charge in [0.05, 0.1) is 12.6 Å². The van der Waals surface area contributed by atoms with Crippen LogP contribution in [0.15, 0.2) is 24.3 Å². The topological polar surface area (TPSA) is 24.5 Å². The Kier molecular flexibility index (Phi) is 4.61. The molecule has 1 saturated heterocycles. The van der Waals surface area contributed by atoms with Gasteiger partial charge in [0, 0.05) is 32.4 Å². The van der Waals surface area contributed by atoms with Crippen LogP contribution in [0.5, 0.6) is 0 Å². The van der Waals surface area contributed by atoms with Gasteiger partial charge in [0.1, 0.15) is 0 Å². The number of rotatable bonds is 4. The minimum atomic E-state index is 0.439. The number of anilines is 1. The molecule has 0 spiro atoms. The number of methoxy groups -OCH3 is 1. The van der Waals surface area contributed by atoms with E-state index in [1.807, 2.05) is 0 Å². The SMILES string of the molecule is COCC1CNCCN1c1ccc(C(C)C)cc1. The fourth-order valence-corrected chi connectivity index (χ4v) is 2.49. The van der Waals surface area contributed by atoms with E-state index in [-0.39, 0.29) is 0 Å². The zero-order valence-corrected chi connectivity index (χ0v) is 11.6. The summed E-state index contributed by atoms with van der Waals surface area (Å²) in [5, 5.41) is 3.43. The van der Waals surface area contributed by atoms with E-state index in [2.05, 4.69) is 48.3 Å². The average molecular weight is 248 g/mol. The summed E-state index contributed by atoms with van der Waals surface area (Å²) >= 11 is 0. The Bertz CT molecular complexity index is 359. The summed E-state index contributed by atoms with van der Waals surface area (Å²) in [5.41, 5.74) is 2.71. The summed E-state index contributed by atoms with van der Waals surface area (Å²) < 4.78 is 5.31. The van der Waals surface area contributed by atoms with Crippen molar-refractivity contribution in [2.45, 2.75) is 25.8 Å². The minimum Gasteiger partial charge on any atom is -0.383 e. The van der Waals surface area contributed by atoms with E-state index < -0.39 is 0 Å². The van der Waals surface area contributed by atoms with E-state index in [1.165, 1.54) is 11.3 Å². The zero-order valence-electron chi connectivity index (χ0n) is 11.6. The zero-order chi connectivity index (χ0) is 13.0. The third-order valence-corrected chi connectivity index (χ3v) is 3.60. The Balaban J connectivity index is 2.12. The maximum atomic E-state index is 5.31. The third kappa shape index (κ3) is 3.03. The van der Waals surface area contributed by atoms with Crippen LogP contribution in [0.3, 0.4) is 0 Å². The highest BCUT2D eigenvalue weighted by Crippen LogP contribution is 2.22. The first kappa shape index (κ1) is 13.4. The van der Waals surface area contributed by atoms with Gasteiger partial charge in [-0.1, -0.05) is 26.0 Å². The van der Waals surface area contributed by atoms with Crippen molar-refractivity contribution in [3.05, 3.63) is 29.8 Å². The molecule has 0 radical (unpaired) electrons. The Morgan fingerprint density at radius 1 is 1.33 bits per heavy atom. The second kappa shape index (κ2) is 6.21. The Morgan fingerprint density at radius 2 is 2.06 bits per heavy atom. The normalized spacial score (nSPS) is 20.4. The van der Waals surface area contributed by atoms with E-state index in [0.29, 0.717) is 12.0 Å². The lowest BCUT2D eigenvalue weighted by Crippen LogP contribution is -2.53. The molecule has 0 aliphatic carbocycles. The van der Waals surface area contributed by atoms with Gasteiger partial charge in [0.2, 0.25) is 0 Å². The van der Waals surface area contributed by atoms with Crippen LogP contribution >= 0.6 is 0 Å². The lowest BCUT2D eigenvalue weighted by Gasteiger charge is -2.37. The molecular weight excluding hydrogens is 224 g/mol. The quantitative estimate of drug-likeness (QED) is 0.884. The summed E-state index contributed by atoms with van der Waals surface area (Å²) in [6.45, 7) is 8.33. The van der Waals surface area contributed by atoms with E-state index in [1.54, 1.807) is 7.11 Å². The van der Waals surface area contributed by atoms with E-state index >= 15 is 0 Å². The van der Waals surface area contributed by atoms with Crippen LogP contribution in [0.25, 0.3) is 0 Å². The number of ether oxygens (including phenoxy) is 1. The molecule has 1 aliphatic heterocycles. The van der Waals surface area contributed by atoms with Crippen molar-refractivity contribution in [2.75, 3.05) is 38.3 Å². The first-order valence-corrected chi connectivity index (χ1v) is 6.78.